The molecule has 1 aliphatic rings. The van der Waals surface area contributed by atoms with E-state index in [0.717, 1.165) is 6.29 Å². The number of carbonyl (C=O) groups is 1. The Bertz CT molecular complexity index is 605. The van der Waals surface area contributed by atoms with E-state index in [1.54, 1.807) is 31.4 Å². The number of hydrogen-bond donors (Lipinski definition) is 1. The van der Waals surface area contributed by atoms with Crippen LogP contribution in [0.5, 0.6) is 5.75 Å². The molecule has 1 aliphatic heterocycles. The molecule has 1 N–H and O–H groups in total. The molecule has 0 atom stereocenters. The number of aliphatic hydroxyl groups excluding tert-OH is 1. The van der Waals surface area contributed by atoms with Gasteiger partial charge in [-0.3, -0.25) is 4.79 Å². The molecule has 6 heteroatoms. The summed E-state index contributed by atoms with van der Waals surface area (Å²) in [6, 6.07) is 5.18. The topological polar surface area (TPSA) is 65.0 Å². The van der Waals surface area contributed by atoms with Crippen molar-refractivity contribution < 1.29 is 23.9 Å². The third kappa shape index (κ3) is 3.49. The van der Waals surface area contributed by atoms with Gasteiger partial charge in [0.05, 0.1) is 24.9 Å². The normalized spacial score (nSPS) is 19.7. The quantitative estimate of drug-likeness (QED) is 0.667. The molecule has 124 valence electrons. The molecule has 1 heterocycles. The minimum atomic E-state index is -0.647. The lowest BCUT2D eigenvalue weighted by Crippen LogP contribution is -2.41. The van der Waals surface area contributed by atoms with E-state index < -0.39 is 18.3 Å². The Balaban J connectivity index is 2.35. The lowest BCUT2D eigenvalue weighted by Gasteiger charge is -2.32. The first-order valence-corrected chi connectivity index (χ1v) is 7.54. The van der Waals surface area contributed by atoms with Gasteiger partial charge in [0.2, 0.25) is 0 Å². The van der Waals surface area contributed by atoms with Crippen molar-refractivity contribution in [1.82, 2.24) is 0 Å². The summed E-state index contributed by atoms with van der Waals surface area (Å²) in [4.78, 5) is 11.3. The maximum Gasteiger partial charge on any atom is 0.492 e. The van der Waals surface area contributed by atoms with E-state index in [-0.39, 0.29) is 6.61 Å². The highest BCUT2D eigenvalue weighted by atomic mass is 16.7. The summed E-state index contributed by atoms with van der Waals surface area (Å²) < 4.78 is 17.0. The third-order valence-corrected chi connectivity index (χ3v) is 4.50. The van der Waals surface area contributed by atoms with Gasteiger partial charge in [0.15, 0.2) is 6.29 Å². The highest BCUT2D eigenvalue weighted by molar-refractivity contribution is 6.55. The number of aliphatic hydroxyl groups is 1. The molecule has 0 spiro atoms. The van der Waals surface area contributed by atoms with Crippen molar-refractivity contribution in [3.05, 3.63) is 34.8 Å². The predicted octanol–water partition coefficient (Wildman–Crippen LogP) is 2.51. The SMILES string of the molecule is COc1ccc(C=C(CO)B2OC(C)(C)C(C)(C)O2)c(C=O)c1. The second kappa shape index (κ2) is 6.47. The summed E-state index contributed by atoms with van der Waals surface area (Å²) >= 11 is 0. The number of ether oxygens (including phenoxy) is 1. The fraction of sp³-hybridized carbons (Fsp3) is 0.471. The molecule has 0 amide bonds. The van der Waals surface area contributed by atoms with Gasteiger partial charge in [0.1, 0.15) is 5.75 Å². The number of hydrogen-bond acceptors (Lipinski definition) is 5. The Morgan fingerprint density at radius 3 is 2.30 bits per heavy atom. The lowest BCUT2D eigenvalue weighted by atomic mass is 9.77. The molecule has 5 nitrogen and oxygen atoms in total. The minimum Gasteiger partial charge on any atom is -0.497 e. The van der Waals surface area contributed by atoms with Crippen molar-refractivity contribution in [3.8, 4) is 5.75 Å². The molecule has 0 aromatic heterocycles. The minimum absolute atomic E-state index is 0.221. The molecule has 1 aromatic carbocycles. The first kappa shape index (κ1) is 17.7. The highest BCUT2D eigenvalue weighted by Crippen LogP contribution is 2.38. The standard InChI is InChI=1S/C17H23BO5/c1-16(2)17(3,4)23-18(22-16)14(11-20)8-12-6-7-15(21-5)9-13(12)10-19/h6-10,20H,11H2,1-5H3. The van der Waals surface area contributed by atoms with Crippen molar-refractivity contribution in [2.24, 2.45) is 0 Å². The molecule has 23 heavy (non-hydrogen) atoms. The van der Waals surface area contributed by atoms with Crippen LogP contribution < -0.4 is 4.74 Å². The smallest absolute Gasteiger partial charge is 0.492 e. The summed E-state index contributed by atoms with van der Waals surface area (Å²) in [6.45, 7) is 7.58. The van der Waals surface area contributed by atoms with Gasteiger partial charge < -0.3 is 19.2 Å². The van der Waals surface area contributed by atoms with Gasteiger partial charge >= 0.3 is 7.12 Å². The van der Waals surface area contributed by atoms with Crippen LogP contribution in [0.1, 0.15) is 43.6 Å². The molecule has 1 fully saturated rings. The fourth-order valence-corrected chi connectivity index (χ4v) is 2.30. The number of benzene rings is 1. The zero-order valence-electron chi connectivity index (χ0n) is 14.3. The van der Waals surface area contributed by atoms with E-state index in [9.17, 15) is 9.90 Å². The van der Waals surface area contributed by atoms with Crippen molar-refractivity contribution in [2.75, 3.05) is 13.7 Å². The largest absolute Gasteiger partial charge is 0.497 e. The van der Waals surface area contributed by atoms with Gasteiger partial charge in [-0.05, 0) is 50.9 Å². The van der Waals surface area contributed by atoms with E-state index in [0.29, 0.717) is 22.3 Å². The maximum atomic E-state index is 11.3. The second-order valence-corrected chi connectivity index (χ2v) is 6.58. The van der Waals surface area contributed by atoms with Gasteiger partial charge in [-0.25, -0.2) is 0 Å². The molecule has 0 aliphatic carbocycles. The molecule has 0 radical (unpaired) electrons. The Hall–Kier alpha value is -1.63. The molecule has 0 unspecified atom stereocenters. The molecule has 0 saturated carbocycles. The number of rotatable bonds is 5. The Morgan fingerprint density at radius 1 is 1.22 bits per heavy atom. The maximum absolute atomic E-state index is 11.3. The van der Waals surface area contributed by atoms with Crippen LogP contribution in [0.15, 0.2) is 23.7 Å². The van der Waals surface area contributed by atoms with E-state index in [4.69, 9.17) is 14.0 Å². The van der Waals surface area contributed by atoms with Crippen molar-refractivity contribution >= 4 is 19.5 Å². The van der Waals surface area contributed by atoms with Gasteiger partial charge in [0.25, 0.3) is 0 Å². The Labute approximate surface area is 137 Å². The number of aldehydes is 1. The predicted molar refractivity (Wildman–Crippen MR) is 89.5 cm³/mol. The molecular formula is C17H23BO5. The summed E-state index contributed by atoms with van der Waals surface area (Å²) in [7, 11) is 0.898. The summed E-state index contributed by atoms with van der Waals surface area (Å²) in [5, 5.41) is 9.71. The first-order valence-electron chi connectivity index (χ1n) is 7.54. The number of methoxy groups -OCH3 is 1. The molecule has 1 aromatic rings. The Kier molecular flexibility index (Phi) is 4.99. The van der Waals surface area contributed by atoms with Crippen molar-refractivity contribution in [3.63, 3.8) is 0 Å². The molecule has 2 rings (SSSR count). The highest BCUT2D eigenvalue weighted by Gasteiger charge is 2.52. The van der Waals surface area contributed by atoms with Crippen LogP contribution >= 0.6 is 0 Å². The third-order valence-electron chi connectivity index (χ3n) is 4.50. The van der Waals surface area contributed by atoms with Crippen LogP contribution in [-0.4, -0.2) is 43.4 Å². The molecule has 1 saturated heterocycles. The van der Waals surface area contributed by atoms with E-state index in [2.05, 4.69) is 0 Å². The van der Waals surface area contributed by atoms with Crippen molar-refractivity contribution in [1.29, 1.82) is 0 Å². The average Bonchev–Trinajstić information content (AvgIpc) is 2.72. The van der Waals surface area contributed by atoms with E-state index in [1.165, 1.54) is 0 Å². The van der Waals surface area contributed by atoms with Gasteiger partial charge in [0, 0.05) is 5.56 Å². The van der Waals surface area contributed by atoms with Crippen LogP contribution in [-0.2, 0) is 9.31 Å². The summed E-state index contributed by atoms with van der Waals surface area (Å²) in [5.41, 5.74) is 0.752. The van der Waals surface area contributed by atoms with Crippen LogP contribution in [0.3, 0.4) is 0 Å². The van der Waals surface area contributed by atoms with Crippen LogP contribution in [0.2, 0.25) is 0 Å². The second-order valence-electron chi connectivity index (χ2n) is 6.58. The monoisotopic (exact) mass is 318 g/mol. The zero-order chi connectivity index (χ0) is 17.3. The number of carbonyl (C=O) groups excluding carboxylic acids is 1. The Morgan fingerprint density at radius 2 is 1.83 bits per heavy atom. The molecule has 0 bridgehead atoms. The zero-order valence-corrected chi connectivity index (χ0v) is 14.3. The lowest BCUT2D eigenvalue weighted by molar-refractivity contribution is 0.00578. The van der Waals surface area contributed by atoms with Gasteiger partial charge in [-0.1, -0.05) is 12.1 Å². The van der Waals surface area contributed by atoms with Gasteiger partial charge in [-0.15, -0.1) is 0 Å². The van der Waals surface area contributed by atoms with Crippen LogP contribution in [0.25, 0.3) is 6.08 Å². The fourth-order valence-electron chi connectivity index (χ4n) is 2.30. The van der Waals surface area contributed by atoms with E-state index >= 15 is 0 Å². The average molecular weight is 318 g/mol. The van der Waals surface area contributed by atoms with Crippen LogP contribution in [0.4, 0.5) is 0 Å². The first-order chi connectivity index (χ1) is 10.7. The summed E-state index contributed by atoms with van der Waals surface area (Å²) in [5.74, 6) is 0.602. The van der Waals surface area contributed by atoms with E-state index in [1.807, 2.05) is 27.7 Å². The molecular weight excluding hydrogens is 295 g/mol. The van der Waals surface area contributed by atoms with Crippen LogP contribution in [0, 0.1) is 0 Å². The summed E-state index contributed by atoms with van der Waals surface area (Å²) in [6.07, 6.45) is 2.49. The van der Waals surface area contributed by atoms with Gasteiger partial charge in [-0.2, -0.15) is 0 Å². The van der Waals surface area contributed by atoms with Crippen molar-refractivity contribution in [2.45, 2.75) is 38.9 Å².